The van der Waals surface area contributed by atoms with Crippen LogP contribution < -0.4 is 4.90 Å². The molecule has 8 heteroatoms. The highest BCUT2D eigenvalue weighted by molar-refractivity contribution is 5.95. The van der Waals surface area contributed by atoms with Crippen LogP contribution in [0.5, 0.6) is 0 Å². The minimum atomic E-state index is -0.316. The third-order valence-electron chi connectivity index (χ3n) is 6.30. The summed E-state index contributed by atoms with van der Waals surface area (Å²) >= 11 is 0. The van der Waals surface area contributed by atoms with Crippen LogP contribution in [-0.4, -0.2) is 38.2 Å². The van der Waals surface area contributed by atoms with Crippen LogP contribution in [-0.2, 0) is 17.8 Å². The van der Waals surface area contributed by atoms with Crippen molar-refractivity contribution >= 4 is 17.6 Å². The lowest BCUT2D eigenvalue weighted by atomic mass is 10.0. The molecule has 1 unspecified atom stereocenters. The molecule has 168 valence electrons. The van der Waals surface area contributed by atoms with E-state index in [0.717, 1.165) is 29.7 Å². The number of hydrogen-bond acceptors (Lipinski definition) is 5. The zero-order valence-corrected chi connectivity index (χ0v) is 18.4. The number of carbonyl (C=O) groups excluding carboxylic acids is 2. The molecule has 1 atom stereocenters. The largest absolute Gasteiger partial charge is 0.327 e. The van der Waals surface area contributed by atoms with Crippen molar-refractivity contribution in [3.05, 3.63) is 82.8 Å². The molecule has 7 nitrogen and oxygen atoms in total. The van der Waals surface area contributed by atoms with E-state index < -0.39 is 0 Å². The molecule has 1 saturated heterocycles. The highest BCUT2D eigenvalue weighted by Gasteiger charge is 2.35. The number of aryl methyl sites for hydroxylation is 1. The van der Waals surface area contributed by atoms with E-state index in [-0.39, 0.29) is 23.7 Å². The molecule has 2 amide bonds. The summed E-state index contributed by atoms with van der Waals surface area (Å²) in [6, 6.07) is 11.1. The Hall–Kier alpha value is -3.68. The van der Waals surface area contributed by atoms with Crippen LogP contribution in [0.3, 0.4) is 0 Å². The Labute approximate surface area is 191 Å². The van der Waals surface area contributed by atoms with Gasteiger partial charge in [-0.05, 0) is 56.0 Å². The van der Waals surface area contributed by atoms with Gasteiger partial charge < -0.3 is 4.90 Å². The number of halogens is 1. The molecule has 1 aromatic carbocycles. The van der Waals surface area contributed by atoms with Gasteiger partial charge in [0.15, 0.2) is 5.82 Å². The van der Waals surface area contributed by atoms with Crippen LogP contribution in [0.25, 0.3) is 0 Å². The molecule has 1 fully saturated rings. The van der Waals surface area contributed by atoms with Crippen LogP contribution in [0.1, 0.15) is 58.4 Å². The number of pyridine rings is 1. The highest BCUT2D eigenvalue weighted by Crippen LogP contribution is 2.35. The first kappa shape index (κ1) is 21.2. The van der Waals surface area contributed by atoms with Crippen LogP contribution in [0.2, 0.25) is 0 Å². The minimum absolute atomic E-state index is 0.0243. The summed E-state index contributed by atoms with van der Waals surface area (Å²) in [5, 5.41) is 0. The fourth-order valence-corrected chi connectivity index (χ4v) is 4.60. The molecule has 5 rings (SSSR count). The summed E-state index contributed by atoms with van der Waals surface area (Å²) in [5.41, 5.74) is 2.99. The third kappa shape index (κ3) is 4.08. The molecule has 0 radical (unpaired) electrons. The Bertz CT molecular complexity index is 1200. The third-order valence-corrected chi connectivity index (χ3v) is 6.30. The second-order valence-corrected chi connectivity index (χ2v) is 8.45. The first-order valence-corrected chi connectivity index (χ1v) is 11.2. The van der Waals surface area contributed by atoms with Gasteiger partial charge in [-0.2, -0.15) is 0 Å². The molecule has 0 bridgehead atoms. The van der Waals surface area contributed by atoms with E-state index in [4.69, 9.17) is 9.97 Å². The molecular weight excluding hydrogens is 421 g/mol. The molecule has 0 aliphatic carbocycles. The lowest BCUT2D eigenvalue weighted by molar-refractivity contribution is -0.119. The standard InChI is InChI=1S/C25H24FN5O2/c1-16-19-11-12-22(32)31(15-17-7-9-18(26)10-8-17)24(19)29-23(28-16)21-6-4-14-30(21)25(33)20-5-2-3-13-27-20/h2-3,5,7-10,13,21H,4,6,11-12,14-15H2,1H3. The molecule has 0 N–H and O–H groups in total. The Balaban J connectivity index is 1.49. The van der Waals surface area contributed by atoms with Gasteiger partial charge in [0.25, 0.3) is 5.91 Å². The summed E-state index contributed by atoms with van der Waals surface area (Å²) in [4.78, 5) is 43.2. The normalized spacial score (nSPS) is 17.9. The van der Waals surface area contributed by atoms with E-state index in [9.17, 15) is 14.0 Å². The van der Waals surface area contributed by atoms with Crippen molar-refractivity contribution in [3.63, 3.8) is 0 Å². The maximum Gasteiger partial charge on any atom is 0.273 e. The van der Waals surface area contributed by atoms with E-state index in [2.05, 4.69) is 4.98 Å². The number of anilines is 1. The van der Waals surface area contributed by atoms with Gasteiger partial charge in [-0.15, -0.1) is 0 Å². The van der Waals surface area contributed by atoms with Crippen molar-refractivity contribution < 1.29 is 14.0 Å². The predicted octanol–water partition coefficient (Wildman–Crippen LogP) is 3.78. The van der Waals surface area contributed by atoms with Crippen LogP contribution in [0, 0.1) is 12.7 Å². The van der Waals surface area contributed by atoms with Gasteiger partial charge in [-0.3, -0.25) is 19.5 Å². The average molecular weight is 445 g/mol. The molecule has 0 spiro atoms. The van der Waals surface area contributed by atoms with E-state index >= 15 is 0 Å². The Kier molecular flexibility index (Phi) is 5.58. The Morgan fingerprint density at radius 2 is 1.94 bits per heavy atom. The van der Waals surface area contributed by atoms with Crippen LogP contribution in [0.15, 0.2) is 48.7 Å². The molecule has 0 saturated carbocycles. The number of fused-ring (bicyclic) bond motifs is 1. The lowest BCUT2D eigenvalue weighted by Gasteiger charge is -2.31. The van der Waals surface area contributed by atoms with Crippen LogP contribution >= 0.6 is 0 Å². The van der Waals surface area contributed by atoms with Crippen molar-refractivity contribution in [2.45, 2.75) is 45.2 Å². The summed E-state index contributed by atoms with van der Waals surface area (Å²) < 4.78 is 13.3. The van der Waals surface area contributed by atoms with Gasteiger partial charge in [0.05, 0.1) is 12.6 Å². The number of rotatable bonds is 4. The van der Waals surface area contributed by atoms with Crippen molar-refractivity contribution in [2.75, 3.05) is 11.4 Å². The molecule has 2 aliphatic heterocycles. The molecular formula is C25H24FN5O2. The average Bonchev–Trinajstić information content (AvgIpc) is 3.32. The lowest BCUT2D eigenvalue weighted by Crippen LogP contribution is -2.37. The SMILES string of the molecule is Cc1nc(C2CCCN2C(=O)c2ccccn2)nc2c1CCC(=O)N2Cc1ccc(F)cc1. The van der Waals surface area contributed by atoms with E-state index in [0.29, 0.717) is 43.3 Å². The van der Waals surface area contributed by atoms with E-state index in [1.165, 1.54) is 12.1 Å². The summed E-state index contributed by atoms with van der Waals surface area (Å²) in [6.45, 7) is 2.84. The van der Waals surface area contributed by atoms with Crippen molar-refractivity contribution in [3.8, 4) is 0 Å². The van der Waals surface area contributed by atoms with Crippen molar-refractivity contribution in [1.82, 2.24) is 19.9 Å². The highest BCUT2D eigenvalue weighted by atomic mass is 19.1. The quantitative estimate of drug-likeness (QED) is 0.611. The van der Waals surface area contributed by atoms with Gasteiger partial charge >= 0.3 is 0 Å². The van der Waals surface area contributed by atoms with Gasteiger partial charge in [0, 0.05) is 30.4 Å². The number of benzene rings is 1. The van der Waals surface area contributed by atoms with E-state index in [1.54, 1.807) is 46.3 Å². The molecule has 4 heterocycles. The number of likely N-dealkylation sites (tertiary alicyclic amines) is 1. The number of amides is 2. The Morgan fingerprint density at radius 1 is 1.12 bits per heavy atom. The van der Waals surface area contributed by atoms with Gasteiger partial charge in [0.1, 0.15) is 17.3 Å². The number of carbonyl (C=O) groups is 2. The van der Waals surface area contributed by atoms with E-state index in [1.807, 2.05) is 6.92 Å². The number of hydrogen-bond donors (Lipinski definition) is 0. The van der Waals surface area contributed by atoms with Crippen LogP contribution in [0.4, 0.5) is 10.2 Å². The summed E-state index contributed by atoms with van der Waals surface area (Å²) in [7, 11) is 0. The Morgan fingerprint density at radius 3 is 2.70 bits per heavy atom. The fourth-order valence-electron chi connectivity index (χ4n) is 4.60. The summed E-state index contributed by atoms with van der Waals surface area (Å²) in [6.07, 6.45) is 4.17. The van der Waals surface area contributed by atoms with Gasteiger partial charge in [0.2, 0.25) is 5.91 Å². The second kappa shape index (κ2) is 8.69. The number of nitrogens with zero attached hydrogens (tertiary/aromatic N) is 5. The second-order valence-electron chi connectivity index (χ2n) is 8.45. The molecule has 33 heavy (non-hydrogen) atoms. The van der Waals surface area contributed by atoms with Gasteiger partial charge in [-0.1, -0.05) is 18.2 Å². The smallest absolute Gasteiger partial charge is 0.273 e. The topological polar surface area (TPSA) is 79.3 Å². The number of aromatic nitrogens is 3. The van der Waals surface area contributed by atoms with Crippen molar-refractivity contribution in [1.29, 1.82) is 0 Å². The monoisotopic (exact) mass is 445 g/mol. The maximum atomic E-state index is 13.3. The first-order valence-electron chi connectivity index (χ1n) is 11.2. The van der Waals surface area contributed by atoms with Crippen molar-refractivity contribution in [2.24, 2.45) is 0 Å². The molecule has 3 aromatic rings. The maximum absolute atomic E-state index is 13.3. The summed E-state index contributed by atoms with van der Waals surface area (Å²) in [5.74, 6) is 0.658. The molecule has 2 aliphatic rings. The molecule has 2 aromatic heterocycles. The minimum Gasteiger partial charge on any atom is -0.327 e. The zero-order chi connectivity index (χ0) is 22.9. The van der Waals surface area contributed by atoms with Gasteiger partial charge in [-0.25, -0.2) is 14.4 Å². The predicted molar refractivity (Wildman–Crippen MR) is 120 cm³/mol. The first-order chi connectivity index (χ1) is 16.0. The zero-order valence-electron chi connectivity index (χ0n) is 18.4. The fraction of sp³-hybridized carbons (Fsp3) is 0.320.